The fraction of sp³-hybridized carbons (Fsp3) is 0.407. The molecule has 0 aromatic heterocycles. The lowest BCUT2D eigenvalue weighted by Gasteiger charge is -2.26. The normalized spacial score (nSPS) is 12.6. The van der Waals surface area contributed by atoms with Crippen molar-refractivity contribution in [2.75, 3.05) is 53.2 Å². The third-order valence-electron chi connectivity index (χ3n) is 22.9. The minimum absolute atomic E-state index is 0.0601. The molecule has 784 valence electrons. The standard InChI is InChI=1S/4C19H21FO2.C18H26FNO2.C15H19FO2.C14H19FO3/c2*1-13-5-7-14(8-6-13)12-22-17-10-9-15(11-16(17)20)18(21)19(2,3)4;2*1-13-6-5-7-14(10-13)12-22-17-9-8-15(11-16(17)20)18(21)19(2,3)4;1-18(2,3)17(21)14-7-8-16(15(19)13-14)22-12-11-20-9-5-4-6-10-20;1-15(2,3)14(17)11-6-7-13(12(16)8-11)18-9-10-4-5-10;1-14(2,3)13(16)10-5-6-12(11(15)9-10)18-8-7-17-4/h4*5-11H,12H2,1-4H3;7-8,13H,4-6,9-12H2,1-3H3;6-8,10H,4-5,9H2,1-3H3;5-6,9H,7-8H2,1-4H3. The second-order valence-electron chi connectivity index (χ2n) is 44.0. The number of carbonyl (C=O) groups is 7. The van der Waals surface area contributed by atoms with Crippen LogP contribution in [-0.4, -0.2) is 98.6 Å². The van der Waals surface area contributed by atoms with E-state index in [9.17, 15) is 64.3 Å². The van der Waals surface area contributed by atoms with Crippen LogP contribution < -0.4 is 33.2 Å². The number of benzene rings is 11. The molecule has 0 atom stereocenters. The third-order valence-corrected chi connectivity index (χ3v) is 22.9. The summed E-state index contributed by atoms with van der Waals surface area (Å²) in [5.41, 5.74) is 7.48. The Morgan fingerprint density at radius 2 is 0.493 bits per heavy atom. The summed E-state index contributed by atoms with van der Waals surface area (Å²) in [7, 11) is 1.55. The topological polar surface area (TPSA) is 197 Å². The van der Waals surface area contributed by atoms with Gasteiger partial charge in [0.2, 0.25) is 0 Å². The van der Waals surface area contributed by atoms with Crippen LogP contribution in [0.2, 0.25) is 0 Å². The summed E-state index contributed by atoms with van der Waals surface area (Å²) in [5, 5.41) is 0. The Bertz CT molecular complexity index is 5940. The highest BCUT2D eigenvalue weighted by atomic mass is 19.2. The maximum atomic E-state index is 14.1. The number of nitrogens with zero attached hydrogens (tertiary/aromatic N) is 1. The summed E-state index contributed by atoms with van der Waals surface area (Å²) in [6.07, 6.45) is 6.11. The summed E-state index contributed by atoms with van der Waals surface area (Å²) < 4.78 is 141. The number of carbonyl (C=O) groups excluding carboxylic acids is 7. The number of aryl methyl sites for hydroxylation is 4. The van der Waals surface area contributed by atoms with E-state index in [-0.39, 0.29) is 87.3 Å². The quantitative estimate of drug-likeness (QED) is 0.0234. The molecular formula is C123H148F7NO15. The number of Topliss-reactive ketones (excluding diaryl/α,β-unsaturated/α-hetero) is 7. The fourth-order valence-electron chi connectivity index (χ4n) is 14.2. The minimum Gasteiger partial charge on any atom is -0.490 e. The van der Waals surface area contributed by atoms with E-state index in [4.69, 9.17) is 37.9 Å². The zero-order chi connectivity index (χ0) is 109. The van der Waals surface area contributed by atoms with Crippen molar-refractivity contribution in [2.24, 2.45) is 43.8 Å². The highest BCUT2D eigenvalue weighted by Gasteiger charge is 2.32. The number of hydrogen-bond donors (Lipinski definition) is 0. The summed E-state index contributed by atoms with van der Waals surface area (Å²) in [6, 6.07) is 62.2. The van der Waals surface area contributed by atoms with Gasteiger partial charge in [0.1, 0.15) is 39.6 Å². The van der Waals surface area contributed by atoms with Crippen LogP contribution in [0.25, 0.3) is 0 Å². The summed E-state index contributed by atoms with van der Waals surface area (Å²) in [6.45, 7) is 52.1. The first-order valence-electron chi connectivity index (χ1n) is 49.4. The molecule has 1 heterocycles. The van der Waals surface area contributed by atoms with Crippen molar-refractivity contribution in [2.45, 2.75) is 232 Å². The first-order chi connectivity index (χ1) is 68.2. The van der Waals surface area contributed by atoms with Crippen molar-refractivity contribution in [3.63, 3.8) is 0 Å². The van der Waals surface area contributed by atoms with Gasteiger partial charge < -0.3 is 37.9 Å². The third kappa shape index (κ3) is 40.2. The number of methoxy groups -OCH3 is 1. The second-order valence-corrected chi connectivity index (χ2v) is 44.0. The second kappa shape index (κ2) is 54.5. The molecule has 0 bridgehead atoms. The average Bonchev–Trinajstić information content (AvgIpc) is 1.03. The molecule has 1 aliphatic heterocycles. The first-order valence-corrected chi connectivity index (χ1v) is 49.4. The predicted octanol–water partition coefficient (Wildman–Crippen LogP) is 30.6. The van der Waals surface area contributed by atoms with Crippen LogP contribution in [0.5, 0.6) is 40.2 Å². The molecule has 0 unspecified atom stereocenters. The van der Waals surface area contributed by atoms with E-state index in [0.717, 1.165) is 53.0 Å². The van der Waals surface area contributed by atoms with Crippen LogP contribution >= 0.6 is 0 Å². The van der Waals surface area contributed by atoms with Crippen molar-refractivity contribution < 1.29 is 102 Å². The van der Waals surface area contributed by atoms with Crippen LogP contribution in [-0.2, 0) is 31.2 Å². The molecule has 0 radical (unpaired) electrons. The van der Waals surface area contributed by atoms with Crippen molar-refractivity contribution in [1.29, 1.82) is 0 Å². The summed E-state index contributed by atoms with van der Waals surface area (Å²) in [5.74, 6) is -2.23. The monoisotopic (exact) mass is 2010 g/mol. The molecule has 23 heteroatoms. The molecule has 1 saturated heterocycles. The highest BCUT2D eigenvalue weighted by Crippen LogP contribution is 2.36. The van der Waals surface area contributed by atoms with Gasteiger partial charge in [0.15, 0.2) is 121 Å². The van der Waals surface area contributed by atoms with Gasteiger partial charge in [-0.2, -0.15) is 0 Å². The Hall–Kier alpha value is -12.9. The smallest absolute Gasteiger partial charge is 0.168 e. The summed E-state index contributed by atoms with van der Waals surface area (Å²) in [4.78, 5) is 87.0. The molecule has 11 aromatic rings. The lowest BCUT2D eigenvalue weighted by Crippen LogP contribution is -2.33. The Balaban J connectivity index is 0.000000231. The van der Waals surface area contributed by atoms with E-state index >= 15 is 0 Å². The van der Waals surface area contributed by atoms with Crippen molar-refractivity contribution >= 4 is 40.5 Å². The molecular weight excluding hydrogens is 1860 g/mol. The molecule has 1 saturated carbocycles. The van der Waals surface area contributed by atoms with E-state index in [1.165, 1.54) is 116 Å². The van der Waals surface area contributed by atoms with Gasteiger partial charge in [0.25, 0.3) is 0 Å². The van der Waals surface area contributed by atoms with E-state index in [1.807, 2.05) is 249 Å². The number of ether oxygens (including phenoxy) is 8. The number of ketones is 7. The Morgan fingerprint density at radius 3 is 0.719 bits per heavy atom. The maximum Gasteiger partial charge on any atom is 0.168 e. The zero-order valence-electron chi connectivity index (χ0n) is 90.0. The number of hydrogen-bond acceptors (Lipinski definition) is 16. The number of piperidine rings is 1. The van der Waals surface area contributed by atoms with E-state index in [2.05, 4.69) is 4.90 Å². The largest absolute Gasteiger partial charge is 0.490 e. The molecule has 146 heavy (non-hydrogen) atoms. The Morgan fingerprint density at radius 1 is 0.260 bits per heavy atom. The Labute approximate surface area is 860 Å². The van der Waals surface area contributed by atoms with Crippen LogP contribution in [0.15, 0.2) is 224 Å². The molecule has 0 amide bonds. The van der Waals surface area contributed by atoms with Crippen LogP contribution in [0.3, 0.4) is 0 Å². The van der Waals surface area contributed by atoms with Crippen LogP contribution in [0.1, 0.15) is 295 Å². The van der Waals surface area contributed by atoms with Gasteiger partial charge in [-0.15, -0.1) is 0 Å². The maximum absolute atomic E-state index is 14.1. The average molecular weight is 2010 g/mol. The van der Waals surface area contributed by atoms with Crippen molar-refractivity contribution in [1.82, 2.24) is 4.90 Å². The molecule has 2 fully saturated rings. The van der Waals surface area contributed by atoms with Crippen LogP contribution in [0.4, 0.5) is 30.7 Å². The fourth-order valence-corrected chi connectivity index (χ4v) is 14.2. The molecule has 0 spiro atoms. The van der Waals surface area contributed by atoms with Crippen LogP contribution in [0, 0.1) is 112 Å². The zero-order valence-corrected chi connectivity index (χ0v) is 90.0. The number of likely N-dealkylation sites (tertiary alicyclic amines) is 1. The van der Waals surface area contributed by atoms with Crippen molar-refractivity contribution in [3.8, 4) is 40.2 Å². The minimum atomic E-state index is -0.531. The molecule has 0 N–H and O–H groups in total. The molecule has 13 rings (SSSR count). The van der Waals surface area contributed by atoms with Gasteiger partial charge in [-0.3, -0.25) is 38.5 Å². The van der Waals surface area contributed by atoms with Crippen molar-refractivity contribution in [3.05, 3.63) is 349 Å². The lowest BCUT2D eigenvalue weighted by molar-refractivity contribution is 0.0852. The molecule has 11 aromatic carbocycles. The van der Waals surface area contributed by atoms with E-state index in [0.29, 0.717) is 91.1 Å². The first kappa shape index (κ1) is 120. The molecule has 2 aliphatic rings. The summed E-state index contributed by atoms with van der Waals surface area (Å²) >= 11 is 0. The number of rotatable bonds is 30. The van der Waals surface area contributed by atoms with Gasteiger partial charge in [-0.25, -0.2) is 30.7 Å². The molecule has 1 aliphatic carbocycles. The van der Waals surface area contributed by atoms with Gasteiger partial charge in [-0.1, -0.05) is 271 Å². The Kier molecular flexibility index (Phi) is 44.9. The lowest BCUT2D eigenvalue weighted by atomic mass is 9.86. The van der Waals surface area contributed by atoms with Gasteiger partial charge in [-0.05, 0) is 222 Å². The molecule has 16 nitrogen and oxygen atoms in total. The SMILES string of the molecule is CC(C)(C)C(=O)c1ccc(OCC2CC2)c(F)c1.CC(C)(C)C(=O)c1ccc(OCCN2CCCCC2)c(F)c1.COCCOc1ccc(C(=O)C(C)(C)C)cc1F.Cc1ccc(COc2ccc(C(=O)C(C)(C)C)cc2F)cc1.Cc1ccc(COc2ccc(C(=O)C(C)(C)C)cc2F)cc1.Cc1cccc(COc2ccc(C(=O)C(C)(C)C)cc2F)c1.Cc1cccc(COc2ccc(C(=O)C(C)(C)C)cc2F)c1. The van der Waals surface area contributed by atoms with Gasteiger partial charge in [0, 0.05) is 90.5 Å². The number of halogens is 7. The van der Waals surface area contributed by atoms with Gasteiger partial charge >= 0.3 is 0 Å². The van der Waals surface area contributed by atoms with E-state index in [1.54, 1.807) is 82.5 Å². The van der Waals surface area contributed by atoms with Gasteiger partial charge in [0.05, 0.1) is 13.2 Å². The predicted molar refractivity (Wildman–Crippen MR) is 565 cm³/mol. The van der Waals surface area contributed by atoms with E-state index < -0.39 is 78.6 Å². The highest BCUT2D eigenvalue weighted by molar-refractivity contribution is 6.03.